The molecule has 0 atom stereocenters. The second kappa shape index (κ2) is 22.2. The molecule has 1 aliphatic rings. The van der Waals surface area contributed by atoms with Gasteiger partial charge in [-0.25, -0.2) is 0 Å². The minimum atomic E-state index is -0.222. The van der Waals surface area contributed by atoms with Gasteiger partial charge in [-0.1, -0.05) is 0 Å². The average Bonchev–Trinajstić information content (AvgIpc) is 2.86. The SMILES string of the molecule is CCOCCOCCOCCOC(=O)C1CCC(C(=O)OCCOCCOCCOCC)CC1. The van der Waals surface area contributed by atoms with Crippen molar-refractivity contribution in [1.29, 1.82) is 0 Å². The highest BCUT2D eigenvalue weighted by Crippen LogP contribution is 2.30. The number of hydrogen-bond acceptors (Lipinski definition) is 10. The average molecular weight is 493 g/mol. The Morgan fingerprint density at radius 3 is 1.03 bits per heavy atom. The quantitative estimate of drug-likeness (QED) is 0.164. The lowest BCUT2D eigenvalue weighted by Gasteiger charge is -2.25. The summed E-state index contributed by atoms with van der Waals surface area (Å²) in [6.07, 6.45) is 2.51. The van der Waals surface area contributed by atoms with Crippen LogP contribution in [-0.4, -0.2) is 104 Å². The summed E-state index contributed by atoms with van der Waals surface area (Å²) in [6.45, 7) is 10.5. The first-order valence-corrected chi connectivity index (χ1v) is 12.5. The predicted octanol–water partition coefficient (Wildman–Crippen LogP) is 2.02. The van der Waals surface area contributed by atoms with Crippen LogP contribution in [0.4, 0.5) is 0 Å². The van der Waals surface area contributed by atoms with Crippen molar-refractivity contribution in [2.24, 2.45) is 11.8 Å². The summed E-state index contributed by atoms with van der Waals surface area (Å²) in [7, 11) is 0. The molecule has 34 heavy (non-hydrogen) atoms. The molecule has 0 heterocycles. The molecule has 0 amide bonds. The van der Waals surface area contributed by atoms with Crippen LogP contribution in [0.5, 0.6) is 0 Å². The molecule has 0 aromatic carbocycles. The number of esters is 2. The van der Waals surface area contributed by atoms with Crippen LogP contribution in [0.2, 0.25) is 0 Å². The second-order valence-electron chi connectivity index (χ2n) is 7.73. The lowest BCUT2D eigenvalue weighted by molar-refractivity contribution is -0.156. The van der Waals surface area contributed by atoms with Crippen LogP contribution >= 0.6 is 0 Å². The van der Waals surface area contributed by atoms with Crippen LogP contribution in [-0.2, 0) is 47.5 Å². The molecule has 0 radical (unpaired) electrons. The van der Waals surface area contributed by atoms with Crippen LogP contribution < -0.4 is 0 Å². The van der Waals surface area contributed by atoms with Gasteiger partial charge in [0, 0.05) is 13.2 Å². The van der Waals surface area contributed by atoms with E-state index < -0.39 is 0 Å². The Morgan fingerprint density at radius 1 is 0.471 bits per heavy atom. The van der Waals surface area contributed by atoms with Crippen molar-refractivity contribution in [3.8, 4) is 0 Å². The number of hydrogen-bond donors (Lipinski definition) is 0. The molecule has 1 fully saturated rings. The molecule has 1 aliphatic carbocycles. The van der Waals surface area contributed by atoms with Crippen LogP contribution in [0.15, 0.2) is 0 Å². The van der Waals surface area contributed by atoms with E-state index in [1.807, 2.05) is 13.8 Å². The first kappa shape index (κ1) is 30.7. The molecule has 1 rings (SSSR count). The van der Waals surface area contributed by atoms with Gasteiger partial charge in [0.15, 0.2) is 0 Å². The predicted molar refractivity (Wildman–Crippen MR) is 124 cm³/mol. The Balaban J connectivity index is 1.95. The summed E-state index contributed by atoms with van der Waals surface area (Å²) in [6, 6.07) is 0. The summed E-state index contributed by atoms with van der Waals surface area (Å²) < 4.78 is 42.4. The Morgan fingerprint density at radius 2 is 0.735 bits per heavy atom. The van der Waals surface area contributed by atoms with Gasteiger partial charge in [-0.15, -0.1) is 0 Å². The van der Waals surface area contributed by atoms with Crippen molar-refractivity contribution in [1.82, 2.24) is 0 Å². The van der Waals surface area contributed by atoms with Crippen molar-refractivity contribution in [2.45, 2.75) is 39.5 Å². The molecule has 1 saturated carbocycles. The van der Waals surface area contributed by atoms with E-state index >= 15 is 0 Å². The summed E-state index contributed by atoms with van der Waals surface area (Å²) in [5.74, 6) is -0.783. The lowest BCUT2D eigenvalue weighted by atomic mass is 9.82. The van der Waals surface area contributed by atoms with E-state index in [1.54, 1.807) is 0 Å². The molecule has 0 bridgehead atoms. The maximum Gasteiger partial charge on any atom is 0.309 e. The first-order valence-electron chi connectivity index (χ1n) is 12.5. The number of carbonyl (C=O) groups excluding carboxylic acids is 2. The molecule has 0 saturated heterocycles. The number of ether oxygens (including phenoxy) is 8. The standard InChI is InChI=1S/C24H44O10/c1-3-27-9-11-29-13-15-31-17-19-33-23(25)21-5-7-22(8-6-21)24(26)34-20-18-32-16-14-30-12-10-28-4-2/h21-22H,3-20H2,1-2H3. The monoisotopic (exact) mass is 492 g/mol. The van der Waals surface area contributed by atoms with Gasteiger partial charge in [0.25, 0.3) is 0 Å². The van der Waals surface area contributed by atoms with Gasteiger partial charge in [0.05, 0.1) is 77.9 Å². The fraction of sp³-hybridized carbons (Fsp3) is 0.917. The molecule has 0 aromatic heterocycles. The van der Waals surface area contributed by atoms with Gasteiger partial charge in [-0.3, -0.25) is 9.59 Å². The number of rotatable bonds is 22. The summed E-state index contributed by atoms with van der Waals surface area (Å²) >= 11 is 0. The topological polar surface area (TPSA) is 108 Å². The Bertz CT molecular complexity index is 450. The van der Waals surface area contributed by atoms with Crippen LogP contribution in [0.1, 0.15) is 39.5 Å². The molecular weight excluding hydrogens is 448 g/mol. The van der Waals surface area contributed by atoms with Gasteiger partial charge in [-0.2, -0.15) is 0 Å². The minimum absolute atomic E-state index is 0.169. The largest absolute Gasteiger partial charge is 0.463 e. The van der Waals surface area contributed by atoms with Crippen molar-refractivity contribution in [3.05, 3.63) is 0 Å². The van der Waals surface area contributed by atoms with Gasteiger partial charge in [0.2, 0.25) is 0 Å². The molecule has 0 aliphatic heterocycles. The van der Waals surface area contributed by atoms with Crippen molar-refractivity contribution >= 4 is 11.9 Å². The van der Waals surface area contributed by atoms with Gasteiger partial charge >= 0.3 is 11.9 Å². The van der Waals surface area contributed by atoms with E-state index in [-0.39, 0.29) is 37.0 Å². The van der Waals surface area contributed by atoms with Crippen LogP contribution in [0.25, 0.3) is 0 Å². The molecule has 0 unspecified atom stereocenters. The van der Waals surface area contributed by atoms with E-state index in [4.69, 9.17) is 37.9 Å². The Kier molecular flexibility index (Phi) is 20.0. The van der Waals surface area contributed by atoms with Crippen LogP contribution in [0.3, 0.4) is 0 Å². The molecule has 10 nitrogen and oxygen atoms in total. The zero-order valence-corrected chi connectivity index (χ0v) is 21.0. The summed E-state index contributed by atoms with van der Waals surface area (Å²) in [4.78, 5) is 24.4. The third-order valence-electron chi connectivity index (χ3n) is 5.23. The lowest BCUT2D eigenvalue weighted by Crippen LogP contribution is -2.29. The fourth-order valence-electron chi connectivity index (χ4n) is 3.37. The Labute approximate surface area is 203 Å². The third-order valence-corrected chi connectivity index (χ3v) is 5.23. The van der Waals surface area contributed by atoms with Gasteiger partial charge in [0.1, 0.15) is 13.2 Å². The normalized spacial score (nSPS) is 18.1. The van der Waals surface area contributed by atoms with Gasteiger partial charge in [-0.05, 0) is 39.5 Å². The molecule has 10 heteroatoms. The zero-order valence-electron chi connectivity index (χ0n) is 21.0. The highest BCUT2D eigenvalue weighted by molar-refractivity contribution is 5.75. The first-order chi connectivity index (χ1) is 16.7. The number of carbonyl (C=O) groups is 2. The second-order valence-corrected chi connectivity index (χ2v) is 7.73. The van der Waals surface area contributed by atoms with E-state index in [9.17, 15) is 9.59 Å². The zero-order chi connectivity index (χ0) is 24.7. The van der Waals surface area contributed by atoms with E-state index in [0.717, 1.165) is 0 Å². The maximum atomic E-state index is 12.2. The molecule has 0 aromatic rings. The minimum Gasteiger partial charge on any atom is -0.463 e. The summed E-state index contributed by atoms with van der Waals surface area (Å²) in [5.41, 5.74) is 0. The van der Waals surface area contributed by atoms with Crippen LogP contribution in [0, 0.1) is 11.8 Å². The molecule has 0 spiro atoms. The Hall–Kier alpha value is -1.30. The fourth-order valence-corrected chi connectivity index (χ4v) is 3.37. The van der Waals surface area contributed by atoms with Crippen molar-refractivity contribution in [3.63, 3.8) is 0 Å². The van der Waals surface area contributed by atoms with Crippen molar-refractivity contribution < 1.29 is 47.5 Å². The molecule has 0 N–H and O–H groups in total. The maximum absolute atomic E-state index is 12.2. The highest BCUT2D eigenvalue weighted by atomic mass is 16.6. The van der Waals surface area contributed by atoms with E-state index in [2.05, 4.69) is 0 Å². The van der Waals surface area contributed by atoms with Crippen molar-refractivity contribution in [2.75, 3.05) is 92.5 Å². The van der Waals surface area contributed by atoms with E-state index in [1.165, 1.54) is 0 Å². The molecular formula is C24H44O10. The smallest absolute Gasteiger partial charge is 0.309 e. The van der Waals surface area contributed by atoms with E-state index in [0.29, 0.717) is 105 Å². The summed E-state index contributed by atoms with van der Waals surface area (Å²) in [5, 5.41) is 0. The third kappa shape index (κ3) is 16.3. The highest BCUT2D eigenvalue weighted by Gasteiger charge is 2.31. The van der Waals surface area contributed by atoms with Gasteiger partial charge < -0.3 is 37.9 Å². The molecule has 200 valence electrons.